The fourth-order valence-corrected chi connectivity index (χ4v) is 3.91. The molecule has 0 radical (unpaired) electrons. The maximum absolute atomic E-state index is 13.4. The Balaban J connectivity index is 1.50. The van der Waals surface area contributed by atoms with Crippen molar-refractivity contribution in [3.05, 3.63) is 30.1 Å². The third-order valence-electron chi connectivity index (χ3n) is 5.46. The Hall–Kier alpha value is -1.82. The number of nitrogens with zero attached hydrogens (tertiary/aromatic N) is 2. The number of aliphatic hydroxyl groups excluding tert-OH is 1. The first-order valence-corrected chi connectivity index (χ1v) is 9.89. The van der Waals surface area contributed by atoms with Crippen molar-refractivity contribution in [1.82, 2.24) is 10.6 Å². The van der Waals surface area contributed by atoms with Gasteiger partial charge in [0.15, 0.2) is 5.96 Å². The van der Waals surface area contributed by atoms with Crippen molar-refractivity contribution in [3.8, 4) is 0 Å². The number of hydrogen-bond donors (Lipinski definition) is 3. The van der Waals surface area contributed by atoms with E-state index in [1.54, 1.807) is 12.1 Å². The van der Waals surface area contributed by atoms with Gasteiger partial charge in [-0.25, -0.2) is 4.39 Å². The molecule has 5 nitrogen and oxygen atoms in total. The average Bonchev–Trinajstić information content (AvgIpc) is 3.05. The van der Waals surface area contributed by atoms with Gasteiger partial charge in [0.1, 0.15) is 5.82 Å². The van der Waals surface area contributed by atoms with E-state index in [-0.39, 0.29) is 11.9 Å². The van der Waals surface area contributed by atoms with E-state index in [2.05, 4.69) is 22.5 Å². The van der Waals surface area contributed by atoms with Crippen LogP contribution in [0.15, 0.2) is 29.3 Å². The fourth-order valence-electron chi connectivity index (χ4n) is 3.91. The van der Waals surface area contributed by atoms with E-state index in [1.807, 2.05) is 6.07 Å². The van der Waals surface area contributed by atoms with Crippen molar-refractivity contribution in [2.45, 2.75) is 51.2 Å². The third-order valence-corrected chi connectivity index (χ3v) is 5.46. The topological polar surface area (TPSA) is 59.9 Å². The number of halogens is 1. The molecule has 3 N–H and O–H groups in total. The summed E-state index contributed by atoms with van der Waals surface area (Å²) < 4.78 is 13.4. The van der Waals surface area contributed by atoms with Crippen LogP contribution in [0.25, 0.3) is 0 Å². The molecule has 1 saturated heterocycles. The maximum atomic E-state index is 13.4. The molecule has 1 aliphatic heterocycles. The molecular formula is C20H31FN4O. The van der Waals surface area contributed by atoms with Crippen molar-refractivity contribution in [2.24, 2.45) is 10.9 Å². The van der Waals surface area contributed by atoms with Crippen molar-refractivity contribution in [3.63, 3.8) is 0 Å². The Morgan fingerprint density at radius 3 is 2.73 bits per heavy atom. The van der Waals surface area contributed by atoms with Crippen LogP contribution in [0.3, 0.4) is 0 Å². The minimum Gasteiger partial charge on any atom is -0.393 e. The molecule has 144 valence electrons. The number of rotatable bonds is 5. The van der Waals surface area contributed by atoms with Crippen molar-refractivity contribution in [2.75, 3.05) is 31.1 Å². The number of piperidine rings is 1. The molecular weight excluding hydrogens is 331 g/mol. The second-order valence-electron chi connectivity index (χ2n) is 7.36. The van der Waals surface area contributed by atoms with Crippen molar-refractivity contribution < 1.29 is 9.50 Å². The van der Waals surface area contributed by atoms with Gasteiger partial charge in [0.2, 0.25) is 0 Å². The number of guanidine groups is 1. The number of aliphatic imine (C=N–C) groups is 1. The lowest BCUT2D eigenvalue weighted by Crippen LogP contribution is -2.49. The zero-order chi connectivity index (χ0) is 18.4. The average molecular weight is 362 g/mol. The van der Waals surface area contributed by atoms with Crippen LogP contribution in [0.1, 0.15) is 39.0 Å². The summed E-state index contributed by atoms with van der Waals surface area (Å²) >= 11 is 0. The number of anilines is 1. The second-order valence-corrected chi connectivity index (χ2v) is 7.36. The zero-order valence-electron chi connectivity index (χ0n) is 15.6. The van der Waals surface area contributed by atoms with E-state index < -0.39 is 0 Å². The van der Waals surface area contributed by atoms with E-state index in [0.29, 0.717) is 18.5 Å². The summed E-state index contributed by atoms with van der Waals surface area (Å²) in [5.41, 5.74) is 0.958. The van der Waals surface area contributed by atoms with E-state index in [4.69, 9.17) is 4.99 Å². The summed E-state index contributed by atoms with van der Waals surface area (Å²) in [5.74, 6) is 0.953. The first kappa shape index (κ1) is 19.0. The Morgan fingerprint density at radius 1 is 1.27 bits per heavy atom. The van der Waals surface area contributed by atoms with Crippen LogP contribution >= 0.6 is 0 Å². The van der Waals surface area contributed by atoms with Gasteiger partial charge in [0.25, 0.3) is 0 Å². The van der Waals surface area contributed by atoms with Gasteiger partial charge in [-0.3, -0.25) is 4.99 Å². The molecule has 1 aliphatic carbocycles. The van der Waals surface area contributed by atoms with Crippen LogP contribution < -0.4 is 15.5 Å². The van der Waals surface area contributed by atoms with Gasteiger partial charge in [0.05, 0.1) is 6.10 Å². The highest BCUT2D eigenvalue weighted by atomic mass is 19.1. The van der Waals surface area contributed by atoms with Crippen LogP contribution in [0.5, 0.6) is 0 Å². The lowest BCUT2D eigenvalue weighted by Gasteiger charge is -2.34. The largest absolute Gasteiger partial charge is 0.393 e. The highest BCUT2D eigenvalue weighted by Gasteiger charge is 2.25. The van der Waals surface area contributed by atoms with E-state index >= 15 is 0 Å². The van der Waals surface area contributed by atoms with Crippen LogP contribution in [0.4, 0.5) is 10.1 Å². The summed E-state index contributed by atoms with van der Waals surface area (Å²) in [5, 5.41) is 16.8. The molecule has 1 aromatic carbocycles. The number of benzene rings is 1. The molecule has 0 spiro atoms. The maximum Gasteiger partial charge on any atom is 0.191 e. The highest BCUT2D eigenvalue weighted by Crippen LogP contribution is 2.25. The number of nitrogens with one attached hydrogen (secondary N) is 2. The quantitative estimate of drug-likeness (QED) is 0.556. The molecule has 0 bridgehead atoms. The molecule has 2 aliphatic rings. The summed E-state index contributed by atoms with van der Waals surface area (Å²) in [6.07, 6.45) is 4.86. The van der Waals surface area contributed by atoms with Crippen LogP contribution in [0.2, 0.25) is 0 Å². The van der Waals surface area contributed by atoms with Crippen molar-refractivity contribution in [1.29, 1.82) is 0 Å². The van der Waals surface area contributed by atoms with E-state index in [0.717, 1.165) is 63.4 Å². The molecule has 2 atom stereocenters. The predicted molar refractivity (Wildman–Crippen MR) is 104 cm³/mol. The van der Waals surface area contributed by atoms with Gasteiger partial charge in [-0.15, -0.1) is 0 Å². The summed E-state index contributed by atoms with van der Waals surface area (Å²) in [4.78, 5) is 6.94. The van der Waals surface area contributed by atoms with Gasteiger partial charge < -0.3 is 20.6 Å². The summed E-state index contributed by atoms with van der Waals surface area (Å²) in [6.45, 7) is 5.37. The van der Waals surface area contributed by atoms with Gasteiger partial charge in [-0.2, -0.15) is 0 Å². The van der Waals surface area contributed by atoms with Crippen LogP contribution in [0, 0.1) is 11.7 Å². The minimum atomic E-state index is -0.198. The van der Waals surface area contributed by atoms with Crippen molar-refractivity contribution >= 4 is 11.6 Å². The van der Waals surface area contributed by atoms with E-state index in [9.17, 15) is 9.50 Å². The summed E-state index contributed by atoms with van der Waals surface area (Å²) in [6, 6.07) is 7.19. The molecule has 2 unspecified atom stereocenters. The fraction of sp³-hybridized carbons (Fsp3) is 0.650. The van der Waals surface area contributed by atoms with Gasteiger partial charge in [-0.05, 0) is 50.8 Å². The first-order chi connectivity index (χ1) is 12.7. The molecule has 1 aromatic rings. The zero-order valence-corrected chi connectivity index (χ0v) is 15.6. The minimum absolute atomic E-state index is 0.182. The molecule has 26 heavy (non-hydrogen) atoms. The predicted octanol–water partition coefficient (Wildman–Crippen LogP) is 2.51. The molecule has 2 fully saturated rings. The normalized spacial score (nSPS) is 24.7. The third kappa shape index (κ3) is 5.10. The molecule has 0 amide bonds. The van der Waals surface area contributed by atoms with Gasteiger partial charge in [-0.1, -0.05) is 12.5 Å². The Kier molecular flexibility index (Phi) is 6.72. The smallest absolute Gasteiger partial charge is 0.191 e. The molecule has 3 rings (SSSR count). The second kappa shape index (κ2) is 9.21. The number of hydrogen-bond acceptors (Lipinski definition) is 3. The lowest BCUT2D eigenvalue weighted by molar-refractivity contribution is 0.136. The Bertz CT molecular complexity index is 601. The van der Waals surface area contributed by atoms with Gasteiger partial charge >= 0.3 is 0 Å². The first-order valence-electron chi connectivity index (χ1n) is 9.89. The van der Waals surface area contributed by atoms with Gasteiger partial charge in [0, 0.05) is 43.8 Å². The SMILES string of the molecule is CCNC(=NCC1CCCC1O)NC1CCN(c2cccc(F)c2)CC1. The number of aliphatic hydroxyl groups is 1. The van der Waals surface area contributed by atoms with Crippen LogP contribution in [-0.4, -0.2) is 49.4 Å². The summed E-state index contributed by atoms with van der Waals surface area (Å²) in [7, 11) is 0. The van der Waals surface area contributed by atoms with Crippen LogP contribution in [-0.2, 0) is 0 Å². The Labute approximate surface area is 155 Å². The molecule has 1 heterocycles. The highest BCUT2D eigenvalue weighted by molar-refractivity contribution is 5.80. The molecule has 6 heteroatoms. The molecule has 1 saturated carbocycles. The monoisotopic (exact) mass is 362 g/mol. The van der Waals surface area contributed by atoms with E-state index in [1.165, 1.54) is 6.07 Å². The Morgan fingerprint density at radius 2 is 2.08 bits per heavy atom. The standard InChI is InChI=1S/C20H31FN4O/c1-2-22-20(23-14-15-5-3-8-19(15)26)24-17-9-11-25(12-10-17)18-7-4-6-16(21)13-18/h4,6-7,13,15,17,19,26H,2-3,5,8-12,14H2,1H3,(H2,22,23,24). The lowest BCUT2D eigenvalue weighted by atomic mass is 10.0. The molecule has 0 aromatic heterocycles.